The van der Waals surface area contributed by atoms with Gasteiger partial charge in [0.05, 0.1) is 11.0 Å². The van der Waals surface area contributed by atoms with Gasteiger partial charge in [0.2, 0.25) is 5.91 Å². The molecule has 2 aliphatic heterocycles. The second-order valence-electron chi connectivity index (χ2n) is 8.36. The molecule has 0 radical (unpaired) electrons. The van der Waals surface area contributed by atoms with Gasteiger partial charge in [-0.05, 0) is 59.7 Å². The monoisotopic (exact) mass is 490 g/mol. The van der Waals surface area contributed by atoms with Crippen molar-refractivity contribution in [3.8, 4) is 0 Å². The molecule has 1 aliphatic carbocycles. The molecule has 2 N–H and O–H groups in total. The topological polar surface area (TPSA) is 41.1 Å². The van der Waals surface area contributed by atoms with Gasteiger partial charge in [0, 0.05) is 22.2 Å². The summed E-state index contributed by atoms with van der Waals surface area (Å²) in [6, 6.07) is 8.26. The molecule has 3 aliphatic rings. The lowest BCUT2D eigenvalue weighted by Crippen LogP contribution is -2.59. The van der Waals surface area contributed by atoms with Crippen LogP contribution in [0.1, 0.15) is 30.0 Å². The van der Waals surface area contributed by atoms with E-state index >= 15 is 0 Å². The summed E-state index contributed by atoms with van der Waals surface area (Å²) in [5, 5.41) is 7.41. The number of carbonyl (C=O) groups is 1. The van der Waals surface area contributed by atoms with E-state index in [1.54, 1.807) is 12.1 Å². The lowest BCUT2D eigenvalue weighted by Gasteiger charge is -2.49. The Balaban J connectivity index is 1.75. The molecule has 0 aromatic heterocycles. The largest absolute Gasteiger partial charge is 0.371 e. The molecular weight excluding hydrogens is 473 g/mol. The summed E-state index contributed by atoms with van der Waals surface area (Å²) in [6.45, 7) is 0. The van der Waals surface area contributed by atoms with Gasteiger partial charge in [-0.25, -0.2) is 8.78 Å². The number of carbonyl (C=O) groups excluding carboxylic acids is 1. The van der Waals surface area contributed by atoms with Gasteiger partial charge in [-0.15, -0.1) is 0 Å². The van der Waals surface area contributed by atoms with Crippen LogP contribution >= 0.6 is 35.4 Å². The highest BCUT2D eigenvalue weighted by atomic mass is 35.5. The van der Waals surface area contributed by atoms with Gasteiger partial charge in [0.25, 0.3) is 0 Å². The lowest BCUT2D eigenvalue weighted by atomic mass is 9.57. The van der Waals surface area contributed by atoms with Gasteiger partial charge in [-0.3, -0.25) is 4.79 Å². The summed E-state index contributed by atoms with van der Waals surface area (Å²) < 4.78 is 28.0. The number of piperidine rings is 1. The van der Waals surface area contributed by atoms with Crippen molar-refractivity contribution >= 4 is 52.0 Å². The lowest BCUT2D eigenvalue weighted by molar-refractivity contribution is -0.125. The Kier molecular flexibility index (Phi) is 5.35. The summed E-state index contributed by atoms with van der Waals surface area (Å²) in [5.74, 6) is -2.51. The molecule has 32 heavy (non-hydrogen) atoms. The summed E-state index contributed by atoms with van der Waals surface area (Å²) in [4.78, 5) is 14.4. The number of rotatable bonds is 2. The Bertz CT molecular complexity index is 1210. The van der Waals surface area contributed by atoms with Crippen LogP contribution in [-0.2, 0) is 10.2 Å². The van der Waals surface area contributed by atoms with E-state index in [1.807, 2.05) is 24.3 Å². The number of hydrogen-bond donors (Lipinski definition) is 2. The predicted octanol–water partition coefficient (Wildman–Crippen LogP) is 6.19. The quantitative estimate of drug-likeness (QED) is 0.493. The molecule has 8 heteroatoms. The van der Waals surface area contributed by atoms with E-state index in [4.69, 9.17) is 35.4 Å². The van der Waals surface area contributed by atoms with Crippen LogP contribution in [0.3, 0.4) is 0 Å². The van der Waals surface area contributed by atoms with Crippen molar-refractivity contribution < 1.29 is 13.6 Å². The fourth-order valence-corrected chi connectivity index (χ4v) is 6.08. The van der Waals surface area contributed by atoms with Crippen molar-refractivity contribution in [2.75, 3.05) is 5.32 Å². The molecule has 1 spiro atoms. The third kappa shape index (κ3) is 3.28. The van der Waals surface area contributed by atoms with E-state index in [0.717, 1.165) is 17.7 Å². The molecule has 5 rings (SSSR count). The summed E-state index contributed by atoms with van der Waals surface area (Å²) in [6.07, 6.45) is 6.77. The van der Waals surface area contributed by atoms with Gasteiger partial charge in [0.1, 0.15) is 5.41 Å². The smallest absolute Gasteiger partial charge is 0.237 e. The van der Waals surface area contributed by atoms with Crippen LogP contribution in [0.25, 0.3) is 0 Å². The van der Waals surface area contributed by atoms with Crippen molar-refractivity contribution in [1.29, 1.82) is 0 Å². The van der Waals surface area contributed by atoms with Gasteiger partial charge in [0.15, 0.2) is 11.6 Å². The third-order valence-electron chi connectivity index (χ3n) is 6.66. The maximum Gasteiger partial charge on any atom is 0.237 e. The maximum atomic E-state index is 14.3. The van der Waals surface area contributed by atoms with Crippen LogP contribution in [0, 0.1) is 23.5 Å². The van der Waals surface area contributed by atoms with Gasteiger partial charge in [-0.2, -0.15) is 0 Å². The second-order valence-corrected chi connectivity index (χ2v) is 9.78. The molecule has 3 nitrogen and oxygen atoms in total. The molecule has 2 aromatic rings. The summed E-state index contributed by atoms with van der Waals surface area (Å²) in [7, 11) is 0. The molecule has 1 unspecified atom stereocenters. The fraction of sp³-hybridized carbons (Fsp3) is 0.250. The summed E-state index contributed by atoms with van der Waals surface area (Å²) in [5.41, 5.74) is 0.669. The van der Waals surface area contributed by atoms with Crippen LogP contribution in [0.2, 0.25) is 5.02 Å². The Morgan fingerprint density at radius 3 is 2.62 bits per heavy atom. The third-order valence-corrected chi connectivity index (χ3v) is 7.46. The number of hydrogen-bond acceptors (Lipinski definition) is 2. The number of amides is 1. The molecular formula is C24H18Cl2F2N2OS. The number of nitrogens with one attached hydrogen (secondary N) is 2. The number of thiocarbonyl (C=S) groups is 1. The number of benzene rings is 2. The molecule has 164 valence electrons. The second kappa shape index (κ2) is 7.94. The average Bonchev–Trinajstić information content (AvgIpc) is 3.03. The number of allylic oxidation sites excluding steroid dienone is 4. The maximum absolute atomic E-state index is 14.3. The molecule has 0 saturated carbocycles. The van der Waals surface area contributed by atoms with E-state index in [1.165, 1.54) is 6.07 Å². The van der Waals surface area contributed by atoms with Crippen molar-refractivity contribution in [2.24, 2.45) is 11.8 Å². The predicted molar refractivity (Wildman–Crippen MR) is 126 cm³/mol. The van der Waals surface area contributed by atoms with E-state index in [0.29, 0.717) is 39.1 Å². The van der Waals surface area contributed by atoms with Gasteiger partial charge >= 0.3 is 0 Å². The van der Waals surface area contributed by atoms with Crippen LogP contribution in [0.15, 0.2) is 59.7 Å². The van der Waals surface area contributed by atoms with Crippen molar-refractivity contribution in [2.45, 2.75) is 24.3 Å². The molecule has 2 aromatic carbocycles. The first kappa shape index (κ1) is 21.6. The first-order valence-corrected chi connectivity index (χ1v) is 11.4. The van der Waals surface area contributed by atoms with Crippen molar-refractivity contribution in [3.63, 3.8) is 0 Å². The Morgan fingerprint density at radius 2 is 1.88 bits per heavy atom. The Labute approximate surface area is 199 Å². The minimum absolute atomic E-state index is 0.0762. The fourth-order valence-electron chi connectivity index (χ4n) is 5.36. The molecule has 1 amide bonds. The zero-order chi connectivity index (χ0) is 22.6. The highest BCUT2D eigenvalue weighted by Crippen LogP contribution is 2.57. The van der Waals surface area contributed by atoms with Crippen LogP contribution < -0.4 is 10.6 Å². The molecule has 0 bridgehead atoms. The normalized spacial score (nSPS) is 28.9. The van der Waals surface area contributed by atoms with Crippen molar-refractivity contribution in [1.82, 2.24) is 5.32 Å². The highest BCUT2D eigenvalue weighted by molar-refractivity contribution is 7.80. The molecule has 1 saturated heterocycles. The molecule has 1 fully saturated rings. The molecule has 4 atom stereocenters. The van der Waals surface area contributed by atoms with E-state index in [-0.39, 0.29) is 17.7 Å². The Hall–Kier alpha value is -2.28. The Morgan fingerprint density at radius 1 is 1.06 bits per heavy atom. The van der Waals surface area contributed by atoms with Crippen molar-refractivity contribution in [3.05, 3.63) is 87.4 Å². The van der Waals surface area contributed by atoms with Gasteiger partial charge in [-0.1, -0.05) is 59.7 Å². The summed E-state index contributed by atoms with van der Waals surface area (Å²) >= 11 is 18.2. The zero-order valence-electron chi connectivity index (χ0n) is 16.7. The minimum atomic E-state index is -1.13. The van der Waals surface area contributed by atoms with E-state index in [9.17, 15) is 13.6 Å². The number of anilines is 1. The average molecular weight is 491 g/mol. The minimum Gasteiger partial charge on any atom is -0.371 e. The van der Waals surface area contributed by atoms with E-state index < -0.39 is 23.1 Å². The standard InChI is InChI=1S/C24H18Cl2F2N2OS/c25-14-3-1-2-12(8-14)17-11-21(32)30-22(13-4-7-18(27)19(28)9-13)24(17)16-6-5-15(26)10-20(16)29-23(24)31/h1-7,9-10,12,17,22H,8,11H2,(H,29,31)(H,30,32)/t12?,17-,22-,24-/m0/s1. The number of fused-ring (bicyclic) bond motifs is 2. The van der Waals surface area contributed by atoms with E-state index in [2.05, 4.69) is 10.6 Å². The number of halogens is 4. The SMILES string of the molecule is O=C1Nc2cc(Cl)ccc2[C@]12[C@H](c1ccc(F)c(F)c1)NC(=S)C[C@H]2C1C=CC=C(Cl)C1. The molecule has 2 heterocycles. The van der Waals surface area contributed by atoms with Gasteiger partial charge < -0.3 is 10.6 Å². The zero-order valence-corrected chi connectivity index (χ0v) is 19.0. The first-order valence-electron chi connectivity index (χ1n) is 10.2. The highest BCUT2D eigenvalue weighted by Gasteiger charge is 2.61. The van der Waals surface area contributed by atoms with Crippen LogP contribution in [0.5, 0.6) is 0 Å². The first-order chi connectivity index (χ1) is 15.3. The van der Waals surface area contributed by atoms with Crippen LogP contribution in [-0.4, -0.2) is 10.9 Å². The van der Waals surface area contributed by atoms with Crippen LogP contribution in [0.4, 0.5) is 14.5 Å².